The molecule has 0 spiro atoms. The van der Waals surface area contributed by atoms with Gasteiger partial charge in [0.05, 0.1) is 18.2 Å². The molecule has 8 nitrogen and oxygen atoms in total. The van der Waals surface area contributed by atoms with Crippen LogP contribution >= 0.6 is 11.6 Å². The molecular formula is C29H33ClN4O4. The van der Waals surface area contributed by atoms with Gasteiger partial charge in [0.15, 0.2) is 0 Å². The van der Waals surface area contributed by atoms with Gasteiger partial charge in [-0.1, -0.05) is 53.6 Å². The Balaban J connectivity index is 1.62. The summed E-state index contributed by atoms with van der Waals surface area (Å²) in [7, 11) is 0. The molecule has 2 aromatic carbocycles. The summed E-state index contributed by atoms with van der Waals surface area (Å²) in [6.07, 6.45) is 1.62. The first-order valence-electron chi connectivity index (χ1n) is 12.8. The summed E-state index contributed by atoms with van der Waals surface area (Å²) < 4.78 is 5.44. The second-order valence-corrected chi connectivity index (χ2v) is 9.73. The molecule has 1 unspecified atom stereocenters. The predicted octanol–water partition coefficient (Wildman–Crippen LogP) is 4.18. The molecule has 1 atom stereocenters. The van der Waals surface area contributed by atoms with Crippen LogP contribution in [0.15, 0.2) is 72.5 Å². The average molecular weight is 537 g/mol. The molecule has 0 aromatic heterocycles. The molecule has 2 aliphatic heterocycles. The predicted molar refractivity (Wildman–Crippen MR) is 147 cm³/mol. The van der Waals surface area contributed by atoms with Gasteiger partial charge in [-0.25, -0.2) is 9.59 Å². The van der Waals surface area contributed by atoms with E-state index >= 15 is 0 Å². The van der Waals surface area contributed by atoms with E-state index in [0.717, 1.165) is 5.56 Å². The molecule has 2 aromatic rings. The fraction of sp³-hybridized carbons (Fsp3) is 0.345. The SMILES string of the molecule is C=CCN1C(=O)NC(c2ccccc2Cl)C(C(=O)OCC)=C1CN1CCN(C(=O)c2ccc(C)cc2)CC1. The van der Waals surface area contributed by atoms with Gasteiger partial charge in [-0.05, 0) is 37.6 Å². The van der Waals surface area contributed by atoms with E-state index in [4.69, 9.17) is 16.3 Å². The van der Waals surface area contributed by atoms with Crippen molar-refractivity contribution in [1.82, 2.24) is 20.0 Å². The Hall–Kier alpha value is -3.62. The molecule has 0 radical (unpaired) electrons. The highest BCUT2D eigenvalue weighted by molar-refractivity contribution is 6.31. The van der Waals surface area contributed by atoms with Gasteiger partial charge < -0.3 is 15.0 Å². The molecule has 200 valence electrons. The van der Waals surface area contributed by atoms with Gasteiger partial charge in [-0.15, -0.1) is 6.58 Å². The monoisotopic (exact) mass is 536 g/mol. The van der Waals surface area contributed by atoms with Crippen molar-refractivity contribution in [3.63, 3.8) is 0 Å². The van der Waals surface area contributed by atoms with Crippen LogP contribution in [0.5, 0.6) is 0 Å². The molecule has 9 heteroatoms. The minimum atomic E-state index is -0.754. The summed E-state index contributed by atoms with van der Waals surface area (Å²) in [6.45, 7) is 10.6. The number of hydrogen-bond acceptors (Lipinski definition) is 5. The number of nitrogens with zero attached hydrogens (tertiary/aromatic N) is 3. The first kappa shape index (κ1) is 27.4. The van der Waals surface area contributed by atoms with E-state index in [1.54, 1.807) is 31.2 Å². The summed E-state index contributed by atoms with van der Waals surface area (Å²) in [5.41, 5.74) is 3.29. The minimum absolute atomic E-state index is 0.000176. The first-order valence-corrected chi connectivity index (χ1v) is 13.1. The smallest absolute Gasteiger partial charge is 0.338 e. The van der Waals surface area contributed by atoms with Crippen LogP contribution in [0.3, 0.4) is 0 Å². The summed E-state index contributed by atoms with van der Waals surface area (Å²) >= 11 is 6.49. The number of esters is 1. The number of piperazine rings is 1. The van der Waals surface area contributed by atoms with Gasteiger partial charge in [0.1, 0.15) is 0 Å². The second-order valence-electron chi connectivity index (χ2n) is 9.32. The van der Waals surface area contributed by atoms with Crippen molar-refractivity contribution >= 4 is 29.5 Å². The van der Waals surface area contributed by atoms with E-state index in [-0.39, 0.29) is 25.1 Å². The van der Waals surface area contributed by atoms with Gasteiger partial charge in [-0.3, -0.25) is 14.6 Å². The molecule has 2 aliphatic rings. The number of carbonyl (C=O) groups is 3. The van der Waals surface area contributed by atoms with Crippen LogP contribution in [0.4, 0.5) is 4.79 Å². The van der Waals surface area contributed by atoms with E-state index in [9.17, 15) is 14.4 Å². The number of hydrogen-bond donors (Lipinski definition) is 1. The fourth-order valence-electron chi connectivity index (χ4n) is 4.79. The van der Waals surface area contributed by atoms with E-state index in [2.05, 4.69) is 16.8 Å². The highest BCUT2D eigenvalue weighted by Crippen LogP contribution is 2.35. The quantitative estimate of drug-likeness (QED) is 0.404. The molecule has 1 fully saturated rings. The van der Waals surface area contributed by atoms with Crippen molar-refractivity contribution < 1.29 is 19.1 Å². The lowest BCUT2D eigenvalue weighted by atomic mass is 9.94. The third kappa shape index (κ3) is 5.92. The normalized spacial score (nSPS) is 18.3. The molecule has 0 bridgehead atoms. The second kappa shape index (κ2) is 12.3. The Morgan fingerprint density at radius 1 is 1.11 bits per heavy atom. The largest absolute Gasteiger partial charge is 0.463 e. The number of aryl methyl sites for hydroxylation is 1. The Bertz CT molecular complexity index is 1240. The lowest BCUT2D eigenvalue weighted by molar-refractivity contribution is -0.139. The third-order valence-corrected chi connectivity index (χ3v) is 7.14. The molecule has 2 heterocycles. The molecule has 1 saturated heterocycles. The fourth-order valence-corrected chi connectivity index (χ4v) is 5.03. The highest BCUT2D eigenvalue weighted by Gasteiger charge is 2.39. The number of benzene rings is 2. The number of rotatable bonds is 8. The van der Waals surface area contributed by atoms with Crippen LogP contribution in [-0.4, -0.2) is 78.5 Å². The van der Waals surface area contributed by atoms with Gasteiger partial charge in [0.2, 0.25) is 0 Å². The molecule has 1 N–H and O–H groups in total. The van der Waals surface area contributed by atoms with Crippen molar-refractivity contribution in [2.75, 3.05) is 45.9 Å². The molecule has 4 rings (SSSR count). The lowest BCUT2D eigenvalue weighted by Gasteiger charge is -2.40. The number of carbonyl (C=O) groups excluding carboxylic acids is 3. The lowest BCUT2D eigenvalue weighted by Crippen LogP contribution is -2.54. The van der Waals surface area contributed by atoms with Crippen molar-refractivity contribution in [2.24, 2.45) is 0 Å². The van der Waals surface area contributed by atoms with Crippen LogP contribution in [0.1, 0.15) is 34.5 Å². The minimum Gasteiger partial charge on any atom is -0.463 e. The van der Waals surface area contributed by atoms with E-state index < -0.39 is 12.0 Å². The van der Waals surface area contributed by atoms with Crippen molar-refractivity contribution in [3.05, 3.63) is 94.2 Å². The highest BCUT2D eigenvalue weighted by atomic mass is 35.5. The van der Waals surface area contributed by atoms with Crippen molar-refractivity contribution in [3.8, 4) is 0 Å². The van der Waals surface area contributed by atoms with Crippen LogP contribution in [0.2, 0.25) is 5.02 Å². The van der Waals surface area contributed by atoms with Gasteiger partial charge >= 0.3 is 12.0 Å². The molecule has 38 heavy (non-hydrogen) atoms. The summed E-state index contributed by atoms with van der Waals surface area (Å²) in [5, 5.41) is 3.38. The number of nitrogens with one attached hydrogen (secondary N) is 1. The topological polar surface area (TPSA) is 82.2 Å². The number of ether oxygens (including phenoxy) is 1. The maximum absolute atomic E-state index is 13.3. The molecule has 3 amide bonds. The Morgan fingerprint density at radius 2 is 1.79 bits per heavy atom. The summed E-state index contributed by atoms with van der Waals surface area (Å²) in [6, 6.07) is 13.6. The zero-order valence-corrected chi connectivity index (χ0v) is 22.5. The van der Waals surface area contributed by atoms with E-state index in [0.29, 0.717) is 60.1 Å². The molecular weight excluding hydrogens is 504 g/mol. The van der Waals surface area contributed by atoms with E-state index in [1.807, 2.05) is 42.2 Å². The number of urea groups is 1. The number of amides is 3. The van der Waals surface area contributed by atoms with Gasteiger partial charge in [-0.2, -0.15) is 0 Å². The Kier molecular flexibility index (Phi) is 8.86. The third-order valence-electron chi connectivity index (χ3n) is 6.79. The van der Waals surface area contributed by atoms with Crippen molar-refractivity contribution in [1.29, 1.82) is 0 Å². The van der Waals surface area contributed by atoms with Crippen molar-refractivity contribution in [2.45, 2.75) is 19.9 Å². The van der Waals surface area contributed by atoms with Crippen LogP contribution < -0.4 is 5.32 Å². The van der Waals surface area contributed by atoms with E-state index in [1.165, 1.54) is 4.90 Å². The zero-order chi connectivity index (χ0) is 27.2. The Morgan fingerprint density at radius 3 is 2.42 bits per heavy atom. The maximum Gasteiger partial charge on any atom is 0.338 e. The maximum atomic E-state index is 13.3. The van der Waals surface area contributed by atoms with Crippen LogP contribution in [0, 0.1) is 6.92 Å². The van der Waals surface area contributed by atoms with Gasteiger partial charge in [0, 0.05) is 55.6 Å². The first-order chi connectivity index (χ1) is 18.3. The molecule has 0 aliphatic carbocycles. The number of halogens is 1. The summed E-state index contributed by atoms with van der Waals surface area (Å²) in [4.78, 5) is 45.1. The average Bonchev–Trinajstić information content (AvgIpc) is 2.91. The molecule has 0 saturated carbocycles. The van der Waals surface area contributed by atoms with Gasteiger partial charge in [0.25, 0.3) is 5.91 Å². The van der Waals surface area contributed by atoms with Crippen LogP contribution in [-0.2, 0) is 9.53 Å². The zero-order valence-electron chi connectivity index (χ0n) is 21.8. The summed E-state index contributed by atoms with van der Waals surface area (Å²) in [5.74, 6) is -0.505. The standard InChI is InChI=1S/C29H33ClN4O4/c1-4-14-34-24(19-32-15-17-33(18-16-32)27(35)21-12-10-20(3)11-13-21)25(28(36)38-5-2)26(31-29(34)37)22-8-6-7-9-23(22)30/h4,6-13,26H,1,5,14-19H2,2-3H3,(H,31,37). The Labute approximate surface area is 228 Å². The van der Waals surface area contributed by atoms with Crippen LogP contribution in [0.25, 0.3) is 0 Å².